The minimum absolute atomic E-state index is 0.0790. The molecule has 1 N–H and O–H groups in total. The lowest BCUT2D eigenvalue weighted by Crippen LogP contribution is -2.33. The zero-order valence-electron chi connectivity index (χ0n) is 11.6. The van der Waals surface area contributed by atoms with E-state index in [9.17, 15) is 31.1 Å². The quantitative estimate of drug-likeness (QED) is 0.836. The molecule has 0 bridgehead atoms. The summed E-state index contributed by atoms with van der Waals surface area (Å²) in [5.74, 6) is -6.21. The molecule has 0 unspecified atom stereocenters. The van der Waals surface area contributed by atoms with Gasteiger partial charge in [0.25, 0.3) is 0 Å². The summed E-state index contributed by atoms with van der Waals surface area (Å²) in [4.78, 5) is 18.7. The fourth-order valence-corrected chi connectivity index (χ4v) is 2.39. The van der Waals surface area contributed by atoms with Crippen LogP contribution < -0.4 is 4.90 Å². The molecule has 0 saturated carbocycles. The maximum Gasteiger partial charge on any atom is 0.433 e. The van der Waals surface area contributed by atoms with Gasteiger partial charge in [-0.15, -0.1) is 0 Å². The molecule has 0 aliphatic carbocycles. The summed E-state index contributed by atoms with van der Waals surface area (Å²) in [5.41, 5.74) is -1.37. The standard InChI is InChI=1S/C12H11F6N3O2/c1-5-2-8(12(16,17)18)20-10(19-5)21-3-6(9(22)23)7(4-21)11(13,14)15/h2,6-7H,3-4H2,1H3,(H,22,23)/t6-,7-/m1/s1. The van der Waals surface area contributed by atoms with Crippen LogP contribution in [0.15, 0.2) is 6.07 Å². The average molecular weight is 343 g/mol. The van der Waals surface area contributed by atoms with Crippen LogP contribution in [0.5, 0.6) is 0 Å². The Labute approximate surface area is 125 Å². The first-order valence-electron chi connectivity index (χ1n) is 6.37. The van der Waals surface area contributed by atoms with Gasteiger partial charge in [0.05, 0.1) is 11.8 Å². The van der Waals surface area contributed by atoms with Gasteiger partial charge in [-0.05, 0) is 13.0 Å². The fourth-order valence-electron chi connectivity index (χ4n) is 2.39. The van der Waals surface area contributed by atoms with Crippen molar-refractivity contribution in [3.05, 3.63) is 17.5 Å². The summed E-state index contributed by atoms with van der Waals surface area (Å²) in [6.45, 7) is -0.173. The van der Waals surface area contributed by atoms with Crippen molar-refractivity contribution in [1.29, 1.82) is 0 Å². The van der Waals surface area contributed by atoms with E-state index in [1.165, 1.54) is 6.92 Å². The predicted molar refractivity (Wildman–Crippen MR) is 64.7 cm³/mol. The van der Waals surface area contributed by atoms with Gasteiger partial charge in [-0.1, -0.05) is 0 Å². The van der Waals surface area contributed by atoms with Crippen LogP contribution in [0, 0.1) is 18.8 Å². The Hall–Kier alpha value is -2.07. The number of aliphatic carboxylic acids is 1. The van der Waals surface area contributed by atoms with Crippen molar-refractivity contribution in [3.63, 3.8) is 0 Å². The van der Waals surface area contributed by atoms with Crippen molar-refractivity contribution in [2.24, 2.45) is 11.8 Å². The molecule has 1 aromatic heterocycles. The van der Waals surface area contributed by atoms with Gasteiger partial charge < -0.3 is 10.0 Å². The van der Waals surface area contributed by atoms with Crippen LogP contribution in [-0.2, 0) is 11.0 Å². The number of carboxylic acid groups (broad SMARTS) is 1. The molecule has 5 nitrogen and oxygen atoms in total. The van der Waals surface area contributed by atoms with Crippen molar-refractivity contribution in [1.82, 2.24) is 9.97 Å². The molecule has 1 fully saturated rings. The molecule has 0 spiro atoms. The van der Waals surface area contributed by atoms with Crippen LogP contribution >= 0.6 is 0 Å². The number of rotatable bonds is 2. The highest BCUT2D eigenvalue weighted by molar-refractivity contribution is 5.72. The third-order valence-electron chi connectivity index (χ3n) is 3.47. The Kier molecular flexibility index (Phi) is 4.16. The van der Waals surface area contributed by atoms with Gasteiger partial charge in [-0.3, -0.25) is 4.79 Å². The van der Waals surface area contributed by atoms with E-state index in [2.05, 4.69) is 9.97 Å². The molecule has 1 saturated heterocycles. The van der Waals surface area contributed by atoms with E-state index in [-0.39, 0.29) is 5.69 Å². The van der Waals surface area contributed by atoms with Gasteiger partial charge in [0.1, 0.15) is 5.69 Å². The molecule has 128 valence electrons. The van der Waals surface area contributed by atoms with Crippen LogP contribution in [0.2, 0.25) is 0 Å². The number of nitrogens with zero attached hydrogens (tertiary/aromatic N) is 3. The van der Waals surface area contributed by atoms with E-state index in [4.69, 9.17) is 5.11 Å². The van der Waals surface area contributed by atoms with Gasteiger partial charge in [0.15, 0.2) is 0 Å². The molecule has 2 atom stereocenters. The summed E-state index contributed by atoms with van der Waals surface area (Å²) >= 11 is 0. The lowest BCUT2D eigenvalue weighted by Gasteiger charge is -2.19. The zero-order valence-corrected chi connectivity index (χ0v) is 11.6. The normalized spacial score (nSPS) is 22.5. The van der Waals surface area contributed by atoms with E-state index in [0.29, 0.717) is 6.07 Å². The Morgan fingerprint density at radius 1 is 1.22 bits per heavy atom. The number of alkyl halides is 6. The van der Waals surface area contributed by atoms with Gasteiger partial charge in [-0.2, -0.15) is 26.3 Å². The van der Waals surface area contributed by atoms with E-state index in [0.717, 1.165) is 4.90 Å². The Bertz CT molecular complexity index is 616. The smallest absolute Gasteiger partial charge is 0.433 e. The molecule has 1 aromatic rings. The lowest BCUT2D eigenvalue weighted by atomic mass is 9.96. The lowest BCUT2D eigenvalue weighted by molar-refractivity contribution is -0.187. The van der Waals surface area contributed by atoms with Crippen LogP contribution in [0.25, 0.3) is 0 Å². The summed E-state index contributed by atoms with van der Waals surface area (Å²) in [6.07, 6.45) is -9.56. The summed E-state index contributed by atoms with van der Waals surface area (Å²) in [7, 11) is 0. The summed E-state index contributed by atoms with van der Waals surface area (Å²) in [5, 5.41) is 8.90. The first kappa shape index (κ1) is 17.3. The van der Waals surface area contributed by atoms with E-state index >= 15 is 0 Å². The highest BCUT2D eigenvalue weighted by atomic mass is 19.4. The maximum atomic E-state index is 12.9. The molecule has 0 radical (unpaired) electrons. The van der Waals surface area contributed by atoms with E-state index in [1.807, 2.05) is 0 Å². The second-order valence-electron chi connectivity index (χ2n) is 5.19. The molecule has 2 rings (SSSR count). The van der Waals surface area contributed by atoms with Crippen molar-refractivity contribution in [2.45, 2.75) is 19.3 Å². The molecular formula is C12H11F6N3O2. The van der Waals surface area contributed by atoms with Crippen molar-refractivity contribution in [3.8, 4) is 0 Å². The maximum absolute atomic E-state index is 12.9. The van der Waals surface area contributed by atoms with E-state index in [1.54, 1.807) is 0 Å². The Morgan fingerprint density at radius 2 is 1.83 bits per heavy atom. The number of carboxylic acids is 1. The number of hydrogen-bond donors (Lipinski definition) is 1. The van der Waals surface area contributed by atoms with Gasteiger partial charge in [0, 0.05) is 18.8 Å². The average Bonchev–Trinajstić information content (AvgIpc) is 2.81. The third-order valence-corrected chi connectivity index (χ3v) is 3.47. The second kappa shape index (κ2) is 5.53. The largest absolute Gasteiger partial charge is 0.481 e. The first-order valence-corrected chi connectivity index (χ1v) is 6.37. The van der Waals surface area contributed by atoms with Crippen molar-refractivity contribution < 1.29 is 36.2 Å². The number of halogens is 6. The topological polar surface area (TPSA) is 66.3 Å². The third kappa shape index (κ3) is 3.64. The minimum Gasteiger partial charge on any atom is -0.481 e. The molecule has 0 amide bonds. The number of aromatic nitrogens is 2. The van der Waals surface area contributed by atoms with Crippen LogP contribution in [0.1, 0.15) is 11.4 Å². The highest BCUT2D eigenvalue weighted by Gasteiger charge is 2.53. The molecule has 2 heterocycles. The summed E-state index contributed by atoms with van der Waals surface area (Å²) in [6, 6.07) is 0.662. The first-order chi connectivity index (χ1) is 10.4. The Balaban J connectivity index is 2.37. The van der Waals surface area contributed by atoms with Crippen LogP contribution in [0.4, 0.5) is 32.3 Å². The number of anilines is 1. The fraction of sp³-hybridized carbons (Fsp3) is 0.583. The Morgan fingerprint density at radius 3 is 2.26 bits per heavy atom. The van der Waals surface area contributed by atoms with Crippen molar-refractivity contribution >= 4 is 11.9 Å². The van der Waals surface area contributed by atoms with Crippen molar-refractivity contribution in [2.75, 3.05) is 18.0 Å². The molecular weight excluding hydrogens is 332 g/mol. The van der Waals surface area contributed by atoms with Gasteiger partial charge >= 0.3 is 18.3 Å². The number of hydrogen-bond acceptors (Lipinski definition) is 4. The SMILES string of the molecule is Cc1cc(C(F)(F)F)nc(N2C[C@@H](C(F)(F)F)[C@H](C(=O)O)C2)n1. The summed E-state index contributed by atoms with van der Waals surface area (Å²) < 4.78 is 76.9. The molecule has 1 aliphatic rings. The van der Waals surface area contributed by atoms with Gasteiger partial charge in [0.2, 0.25) is 5.95 Å². The predicted octanol–water partition coefficient (Wildman–Crippen LogP) is 2.50. The molecule has 23 heavy (non-hydrogen) atoms. The molecule has 1 aliphatic heterocycles. The van der Waals surface area contributed by atoms with Crippen LogP contribution in [0.3, 0.4) is 0 Å². The van der Waals surface area contributed by atoms with E-state index < -0.39 is 54.9 Å². The monoisotopic (exact) mass is 343 g/mol. The van der Waals surface area contributed by atoms with Gasteiger partial charge in [-0.25, -0.2) is 9.97 Å². The highest BCUT2D eigenvalue weighted by Crippen LogP contribution is 2.39. The molecule has 0 aromatic carbocycles. The second-order valence-corrected chi connectivity index (χ2v) is 5.19. The van der Waals surface area contributed by atoms with Crippen LogP contribution in [-0.4, -0.2) is 40.3 Å². The minimum atomic E-state index is -4.78. The number of carbonyl (C=O) groups is 1. The zero-order chi connectivity index (χ0) is 17.6. The number of aryl methyl sites for hydroxylation is 1. The molecule has 11 heteroatoms.